The van der Waals surface area contributed by atoms with Crippen LogP contribution >= 0.6 is 0 Å². The fourth-order valence-corrected chi connectivity index (χ4v) is 0.420. The van der Waals surface area contributed by atoms with Crippen LogP contribution in [-0.4, -0.2) is 41.2 Å². The van der Waals surface area contributed by atoms with Crippen LogP contribution in [0.25, 0.3) is 0 Å². The number of amides is 1. The van der Waals surface area contributed by atoms with Crippen molar-refractivity contribution < 1.29 is 28.6 Å². The quantitative estimate of drug-likeness (QED) is 0.511. The third-order valence-corrected chi connectivity index (χ3v) is 0.995. The van der Waals surface area contributed by atoms with E-state index in [1.54, 1.807) is 0 Å². The van der Waals surface area contributed by atoms with Crippen molar-refractivity contribution in [1.29, 1.82) is 0 Å². The molecule has 0 rings (SSSR count). The number of carbonyl (C=O) groups is 2. The summed E-state index contributed by atoms with van der Waals surface area (Å²) in [6, 6.07) is -1.67. The first-order valence-electron chi connectivity index (χ1n) is 2.91. The zero-order valence-electron chi connectivity index (χ0n) is 5.83. The van der Waals surface area contributed by atoms with Crippen molar-refractivity contribution in [2.24, 2.45) is 0 Å². The predicted molar refractivity (Wildman–Crippen MR) is 32.7 cm³/mol. The number of hydrogen-bond acceptors (Lipinski definition) is 3. The normalized spacial score (nSPS) is 12.7. The molecule has 0 aromatic rings. The Morgan fingerprint density at radius 2 is 1.92 bits per heavy atom. The molecule has 0 radical (unpaired) electrons. The number of rotatable bonds is 4. The van der Waals surface area contributed by atoms with Gasteiger partial charge in [0.2, 0.25) is 0 Å². The minimum atomic E-state index is -3.28. The lowest BCUT2D eigenvalue weighted by atomic mass is 10.3. The molecule has 12 heavy (non-hydrogen) atoms. The maximum absolute atomic E-state index is 11.5. The van der Waals surface area contributed by atoms with Gasteiger partial charge >= 0.3 is 12.4 Å². The van der Waals surface area contributed by atoms with Crippen molar-refractivity contribution in [2.45, 2.75) is 12.5 Å². The molecule has 0 aromatic carbocycles. The van der Waals surface area contributed by atoms with E-state index in [1.165, 1.54) is 5.32 Å². The van der Waals surface area contributed by atoms with Crippen molar-refractivity contribution >= 4 is 11.9 Å². The topological polar surface area (TPSA) is 86.6 Å². The number of nitrogens with one attached hydrogen (secondary N) is 1. The molecule has 1 amide bonds. The van der Waals surface area contributed by atoms with E-state index in [-0.39, 0.29) is 0 Å². The van der Waals surface area contributed by atoms with Crippen LogP contribution in [0.2, 0.25) is 0 Å². The Kier molecular flexibility index (Phi) is 4.12. The molecule has 1 atom stereocenters. The van der Waals surface area contributed by atoms with Gasteiger partial charge in [0.05, 0.1) is 6.61 Å². The Labute approximate surface area is 66.0 Å². The van der Waals surface area contributed by atoms with Crippen LogP contribution < -0.4 is 5.32 Å². The Hall–Kier alpha value is -1.24. The van der Waals surface area contributed by atoms with Crippen molar-refractivity contribution in [1.82, 2.24) is 5.32 Å². The van der Waals surface area contributed by atoms with Crippen LogP contribution in [0.15, 0.2) is 0 Å². The number of aliphatic hydroxyl groups excluding tert-OH is 1. The number of carboxylic acids is 1. The zero-order valence-corrected chi connectivity index (χ0v) is 5.83. The van der Waals surface area contributed by atoms with Crippen molar-refractivity contribution in [3.05, 3.63) is 0 Å². The fraction of sp³-hybridized carbons (Fsp3) is 0.600. The van der Waals surface area contributed by atoms with E-state index < -0.39 is 31.0 Å². The summed E-state index contributed by atoms with van der Waals surface area (Å²) in [4.78, 5) is 20.3. The zero-order chi connectivity index (χ0) is 9.72. The van der Waals surface area contributed by atoms with Gasteiger partial charge in [0.1, 0.15) is 0 Å². The molecule has 0 aliphatic rings. The van der Waals surface area contributed by atoms with Crippen LogP contribution in [0.4, 0.5) is 8.78 Å². The van der Waals surface area contributed by atoms with E-state index in [0.29, 0.717) is 0 Å². The van der Waals surface area contributed by atoms with E-state index in [2.05, 4.69) is 0 Å². The summed E-state index contributed by atoms with van der Waals surface area (Å²) in [5.74, 6) is -3.28. The molecule has 0 saturated heterocycles. The number of carboxylic acid groups (broad SMARTS) is 1. The number of carbonyl (C=O) groups excluding carboxylic acids is 1. The molecular formula is C5H7F2NO4. The lowest BCUT2D eigenvalue weighted by Gasteiger charge is -2.10. The van der Waals surface area contributed by atoms with Crippen LogP contribution in [0.3, 0.4) is 0 Å². The van der Waals surface area contributed by atoms with Gasteiger partial charge in [0.15, 0.2) is 6.04 Å². The predicted octanol–water partition coefficient (Wildman–Crippen LogP) is -1.19. The summed E-state index contributed by atoms with van der Waals surface area (Å²) >= 11 is 0. The van der Waals surface area contributed by atoms with Crippen LogP contribution in [0, 0.1) is 0 Å². The highest BCUT2D eigenvalue weighted by Crippen LogP contribution is 1.92. The standard InChI is InChI=1S/C5H7F2NO4/c6-3(7)4(10)8-2(1-9)5(11)12/h2-3,9H,1H2,(H,8,10)(H,11,12)/t2-/m1/s1. The number of aliphatic carboxylic acids is 1. The average molecular weight is 183 g/mol. The first-order valence-corrected chi connectivity index (χ1v) is 2.91. The van der Waals surface area contributed by atoms with Gasteiger partial charge in [-0.2, -0.15) is 8.78 Å². The molecule has 0 spiro atoms. The van der Waals surface area contributed by atoms with Crippen LogP contribution in [0.1, 0.15) is 0 Å². The minimum absolute atomic E-state index is 0.923. The molecule has 5 nitrogen and oxygen atoms in total. The second-order valence-electron chi connectivity index (χ2n) is 1.88. The highest BCUT2D eigenvalue weighted by Gasteiger charge is 2.23. The fourth-order valence-electron chi connectivity index (χ4n) is 0.420. The SMILES string of the molecule is O=C(N[C@H](CO)C(=O)O)C(F)F. The van der Waals surface area contributed by atoms with Gasteiger partial charge in [-0.3, -0.25) is 4.79 Å². The van der Waals surface area contributed by atoms with Gasteiger partial charge in [-0.25, -0.2) is 4.79 Å². The first kappa shape index (κ1) is 10.8. The highest BCUT2D eigenvalue weighted by atomic mass is 19.3. The smallest absolute Gasteiger partial charge is 0.328 e. The van der Waals surface area contributed by atoms with Gasteiger partial charge in [-0.15, -0.1) is 0 Å². The summed E-state index contributed by atoms with van der Waals surface area (Å²) in [6.07, 6.45) is -3.28. The molecule has 0 unspecified atom stereocenters. The number of aliphatic hydroxyl groups is 1. The Morgan fingerprint density at radius 1 is 1.42 bits per heavy atom. The van der Waals surface area contributed by atoms with E-state index >= 15 is 0 Å². The molecule has 0 aliphatic carbocycles. The van der Waals surface area contributed by atoms with Gasteiger partial charge in [-0.05, 0) is 0 Å². The summed E-state index contributed by atoms with van der Waals surface area (Å²) in [7, 11) is 0. The van der Waals surface area contributed by atoms with E-state index in [1.807, 2.05) is 0 Å². The van der Waals surface area contributed by atoms with Gasteiger partial charge in [0, 0.05) is 0 Å². The Balaban J connectivity index is 4.03. The molecule has 0 aromatic heterocycles. The monoisotopic (exact) mass is 183 g/mol. The van der Waals surface area contributed by atoms with Gasteiger partial charge < -0.3 is 15.5 Å². The maximum Gasteiger partial charge on any atom is 0.328 e. The average Bonchev–Trinajstić information content (AvgIpc) is 1.98. The maximum atomic E-state index is 11.5. The summed E-state index contributed by atoms with van der Waals surface area (Å²) in [5.41, 5.74) is 0. The van der Waals surface area contributed by atoms with Crippen molar-refractivity contribution in [2.75, 3.05) is 6.61 Å². The van der Waals surface area contributed by atoms with E-state index in [0.717, 1.165) is 0 Å². The summed E-state index contributed by atoms with van der Waals surface area (Å²) < 4.78 is 23.0. The molecule has 7 heteroatoms. The lowest BCUT2D eigenvalue weighted by Crippen LogP contribution is -2.45. The third kappa shape index (κ3) is 3.24. The Bertz CT molecular complexity index is 184. The van der Waals surface area contributed by atoms with E-state index in [4.69, 9.17) is 10.2 Å². The van der Waals surface area contributed by atoms with Crippen LogP contribution in [-0.2, 0) is 9.59 Å². The molecular weight excluding hydrogens is 176 g/mol. The van der Waals surface area contributed by atoms with E-state index in [9.17, 15) is 18.4 Å². The number of alkyl halides is 2. The second kappa shape index (κ2) is 4.60. The van der Waals surface area contributed by atoms with Crippen LogP contribution in [0.5, 0.6) is 0 Å². The molecule has 0 saturated carbocycles. The minimum Gasteiger partial charge on any atom is -0.480 e. The summed E-state index contributed by atoms with van der Waals surface area (Å²) in [6.45, 7) is -0.923. The molecule has 0 heterocycles. The van der Waals surface area contributed by atoms with Crippen molar-refractivity contribution in [3.63, 3.8) is 0 Å². The van der Waals surface area contributed by atoms with Gasteiger partial charge in [0.25, 0.3) is 5.91 Å². The Morgan fingerprint density at radius 3 is 2.17 bits per heavy atom. The van der Waals surface area contributed by atoms with Crippen molar-refractivity contribution in [3.8, 4) is 0 Å². The molecule has 0 bridgehead atoms. The largest absolute Gasteiger partial charge is 0.480 e. The van der Waals surface area contributed by atoms with Gasteiger partial charge in [-0.1, -0.05) is 0 Å². The molecule has 70 valence electrons. The molecule has 3 N–H and O–H groups in total. The molecule has 0 aliphatic heterocycles. The highest BCUT2D eigenvalue weighted by molar-refractivity contribution is 5.85. The third-order valence-electron chi connectivity index (χ3n) is 0.995. The number of hydrogen-bond donors (Lipinski definition) is 3. The summed E-state index contributed by atoms with van der Waals surface area (Å²) in [5, 5.41) is 17.9. The lowest BCUT2D eigenvalue weighted by molar-refractivity contribution is -0.145. The second-order valence-corrected chi connectivity index (χ2v) is 1.88. The number of halogens is 2. The molecule has 0 fully saturated rings. The first-order chi connectivity index (χ1) is 5.49.